The van der Waals surface area contributed by atoms with Gasteiger partial charge in [-0.15, -0.1) is 24.0 Å². The van der Waals surface area contributed by atoms with Gasteiger partial charge in [0, 0.05) is 44.5 Å². The van der Waals surface area contributed by atoms with Gasteiger partial charge >= 0.3 is 0 Å². The highest BCUT2D eigenvalue weighted by atomic mass is 127. The van der Waals surface area contributed by atoms with Gasteiger partial charge in [-0.3, -0.25) is 4.99 Å². The van der Waals surface area contributed by atoms with E-state index in [-0.39, 0.29) is 35.6 Å². The maximum absolute atomic E-state index is 6.28. The number of hydrogen-bond acceptors (Lipinski definition) is 4. The summed E-state index contributed by atoms with van der Waals surface area (Å²) < 4.78 is 11.9. The Morgan fingerprint density at radius 2 is 1.87 bits per heavy atom. The smallest absolute Gasteiger partial charge is 0.191 e. The number of nitrogens with one attached hydrogen (secondary N) is 2. The molecule has 1 aromatic carbocycles. The van der Waals surface area contributed by atoms with Crippen LogP contribution in [0, 0.1) is 12.8 Å². The van der Waals surface area contributed by atoms with Crippen molar-refractivity contribution in [2.24, 2.45) is 10.9 Å². The van der Waals surface area contributed by atoms with E-state index in [4.69, 9.17) is 9.47 Å². The molecule has 1 fully saturated rings. The Kier molecular flexibility index (Phi) is 12.2. The van der Waals surface area contributed by atoms with Gasteiger partial charge in [-0.2, -0.15) is 0 Å². The summed E-state index contributed by atoms with van der Waals surface area (Å²) in [6.07, 6.45) is 3.28. The van der Waals surface area contributed by atoms with E-state index in [2.05, 4.69) is 80.5 Å². The van der Waals surface area contributed by atoms with Crippen molar-refractivity contribution in [1.82, 2.24) is 15.5 Å². The monoisotopic (exact) mass is 546 g/mol. The molecular formula is C24H43IN4O2. The SMILES string of the molecule is CN=C(NCc1ccc(C)cc1OC(C)CC(C)C)NCC1(N(C)C)CCOCC1.I. The molecular weight excluding hydrogens is 503 g/mol. The molecule has 2 rings (SSSR count). The van der Waals surface area contributed by atoms with Crippen LogP contribution in [0.15, 0.2) is 23.2 Å². The lowest BCUT2D eigenvalue weighted by Gasteiger charge is -2.43. The summed E-state index contributed by atoms with van der Waals surface area (Å²) in [7, 11) is 6.12. The van der Waals surface area contributed by atoms with E-state index in [0.717, 1.165) is 56.3 Å². The third-order valence-electron chi connectivity index (χ3n) is 5.98. The Bertz CT molecular complexity index is 688. The number of aliphatic imine (C=N–C) groups is 1. The molecule has 1 saturated heterocycles. The van der Waals surface area contributed by atoms with Crippen molar-refractivity contribution in [1.29, 1.82) is 0 Å². The zero-order valence-electron chi connectivity index (χ0n) is 20.5. The molecule has 6 nitrogen and oxygen atoms in total. The van der Waals surface area contributed by atoms with Crippen molar-refractivity contribution >= 4 is 29.9 Å². The molecule has 1 atom stereocenters. The van der Waals surface area contributed by atoms with Crippen molar-refractivity contribution in [3.8, 4) is 5.75 Å². The van der Waals surface area contributed by atoms with Gasteiger partial charge in [0.1, 0.15) is 5.75 Å². The second kappa shape index (κ2) is 13.5. The molecule has 31 heavy (non-hydrogen) atoms. The first kappa shape index (κ1) is 28.0. The van der Waals surface area contributed by atoms with Gasteiger partial charge < -0.3 is 25.0 Å². The van der Waals surface area contributed by atoms with Gasteiger partial charge in [0.05, 0.1) is 6.10 Å². The van der Waals surface area contributed by atoms with Gasteiger partial charge in [0.25, 0.3) is 0 Å². The van der Waals surface area contributed by atoms with Crippen molar-refractivity contribution in [2.75, 3.05) is 40.9 Å². The predicted octanol–water partition coefficient (Wildman–Crippen LogP) is 4.20. The second-order valence-corrected chi connectivity index (χ2v) is 9.18. The molecule has 0 aromatic heterocycles. The van der Waals surface area contributed by atoms with Crippen LogP contribution in [0.2, 0.25) is 0 Å². The van der Waals surface area contributed by atoms with Crippen LogP contribution < -0.4 is 15.4 Å². The first-order chi connectivity index (χ1) is 14.3. The zero-order valence-corrected chi connectivity index (χ0v) is 22.8. The largest absolute Gasteiger partial charge is 0.490 e. The first-order valence-electron chi connectivity index (χ1n) is 11.2. The summed E-state index contributed by atoms with van der Waals surface area (Å²) >= 11 is 0. The molecule has 7 heteroatoms. The maximum Gasteiger partial charge on any atom is 0.191 e. The van der Waals surface area contributed by atoms with Crippen molar-refractivity contribution in [3.05, 3.63) is 29.3 Å². The Labute approximate surface area is 206 Å². The fourth-order valence-electron chi connectivity index (χ4n) is 4.03. The van der Waals surface area contributed by atoms with Crippen LogP contribution in [0.4, 0.5) is 0 Å². The summed E-state index contributed by atoms with van der Waals surface area (Å²) in [5, 5.41) is 6.99. The number of halogens is 1. The molecule has 0 amide bonds. The minimum atomic E-state index is 0. The molecule has 1 heterocycles. The topological polar surface area (TPSA) is 58.1 Å². The number of benzene rings is 1. The van der Waals surface area contributed by atoms with E-state index in [1.165, 1.54) is 5.56 Å². The van der Waals surface area contributed by atoms with Crippen LogP contribution in [0.1, 0.15) is 51.2 Å². The molecule has 1 aliphatic heterocycles. The number of guanidine groups is 1. The quantitative estimate of drug-likeness (QED) is 0.276. The highest BCUT2D eigenvalue weighted by Gasteiger charge is 2.34. The van der Waals surface area contributed by atoms with Crippen molar-refractivity contribution in [2.45, 2.75) is 65.1 Å². The minimum absolute atomic E-state index is 0. The molecule has 1 aliphatic rings. The number of ether oxygens (including phenoxy) is 2. The number of nitrogens with zero attached hydrogens (tertiary/aromatic N) is 2. The van der Waals surface area contributed by atoms with E-state index in [9.17, 15) is 0 Å². The summed E-state index contributed by atoms with van der Waals surface area (Å²) in [5.41, 5.74) is 2.45. The summed E-state index contributed by atoms with van der Waals surface area (Å²) in [5.74, 6) is 2.38. The number of likely N-dealkylation sites (N-methyl/N-ethyl adjacent to an activating group) is 1. The van der Waals surface area contributed by atoms with E-state index in [1.54, 1.807) is 0 Å². The van der Waals surface area contributed by atoms with Crippen LogP contribution in [0.3, 0.4) is 0 Å². The minimum Gasteiger partial charge on any atom is -0.490 e. The Morgan fingerprint density at radius 3 is 2.45 bits per heavy atom. The Morgan fingerprint density at radius 1 is 1.19 bits per heavy atom. The lowest BCUT2D eigenvalue weighted by atomic mass is 9.88. The van der Waals surface area contributed by atoms with E-state index < -0.39 is 0 Å². The van der Waals surface area contributed by atoms with E-state index >= 15 is 0 Å². The molecule has 0 bridgehead atoms. The Balaban J connectivity index is 0.00000480. The molecule has 0 radical (unpaired) electrons. The summed E-state index contributed by atoms with van der Waals surface area (Å²) in [4.78, 5) is 6.75. The predicted molar refractivity (Wildman–Crippen MR) is 141 cm³/mol. The van der Waals surface area contributed by atoms with Crippen LogP contribution in [-0.4, -0.2) is 63.4 Å². The molecule has 1 aromatic rings. The highest BCUT2D eigenvalue weighted by Crippen LogP contribution is 2.25. The number of rotatable bonds is 9. The molecule has 0 spiro atoms. The zero-order chi connectivity index (χ0) is 22.1. The standard InChI is InChI=1S/C24H42N4O2.HI/c1-18(2)14-20(4)30-22-15-19(3)8-9-21(22)16-26-23(25-5)27-17-24(28(6)7)10-12-29-13-11-24;/h8-9,15,18,20H,10-14,16-17H2,1-7H3,(H2,25,26,27);1H. The van der Waals surface area contributed by atoms with Gasteiger partial charge in [-0.1, -0.05) is 26.0 Å². The third kappa shape index (κ3) is 8.77. The van der Waals surface area contributed by atoms with Crippen LogP contribution >= 0.6 is 24.0 Å². The molecule has 1 unspecified atom stereocenters. The third-order valence-corrected chi connectivity index (χ3v) is 5.98. The average Bonchev–Trinajstić information content (AvgIpc) is 2.69. The average molecular weight is 547 g/mol. The molecule has 2 N–H and O–H groups in total. The summed E-state index contributed by atoms with van der Waals surface area (Å²) in [6, 6.07) is 6.41. The van der Waals surface area contributed by atoms with Gasteiger partial charge in [0.15, 0.2) is 5.96 Å². The second-order valence-electron chi connectivity index (χ2n) is 9.18. The van der Waals surface area contributed by atoms with E-state index in [1.807, 2.05) is 7.05 Å². The maximum atomic E-state index is 6.28. The number of aryl methyl sites for hydroxylation is 1. The van der Waals surface area contributed by atoms with Crippen LogP contribution in [0.5, 0.6) is 5.75 Å². The van der Waals surface area contributed by atoms with Gasteiger partial charge in [-0.25, -0.2) is 0 Å². The van der Waals surface area contributed by atoms with Crippen LogP contribution in [-0.2, 0) is 11.3 Å². The first-order valence-corrected chi connectivity index (χ1v) is 11.2. The Hall–Kier alpha value is -1.06. The normalized spacial score (nSPS) is 17.3. The fourth-order valence-corrected chi connectivity index (χ4v) is 4.03. The van der Waals surface area contributed by atoms with E-state index in [0.29, 0.717) is 12.5 Å². The van der Waals surface area contributed by atoms with Gasteiger partial charge in [0.2, 0.25) is 0 Å². The van der Waals surface area contributed by atoms with Crippen molar-refractivity contribution in [3.63, 3.8) is 0 Å². The lowest BCUT2D eigenvalue weighted by Crippen LogP contribution is -2.57. The van der Waals surface area contributed by atoms with Crippen molar-refractivity contribution < 1.29 is 9.47 Å². The molecule has 0 aliphatic carbocycles. The highest BCUT2D eigenvalue weighted by molar-refractivity contribution is 14.0. The van der Waals surface area contributed by atoms with Gasteiger partial charge in [-0.05, 0) is 64.8 Å². The lowest BCUT2D eigenvalue weighted by molar-refractivity contribution is -0.00501. The molecule has 0 saturated carbocycles. The fraction of sp³-hybridized carbons (Fsp3) is 0.708. The molecule has 178 valence electrons. The number of hydrogen-bond donors (Lipinski definition) is 2. The summed E-state index contributed by atoms with van der Waals surface area (Å²) in [6.45, 7) is 11.8. The van der Waals surface area contributed by atoms with Crippen LogP contribution in [0.25, 0.3) is 0 Å².